The van der Waals surface area contributed by atoms with Crippen molar-refractivity contribution >= 4 is 22.0 Å². The lowest BCUT2D eigenvalue weighted by Crippen LogP contribution is -2.39. The Kier molecular flexibility index (Phi) is 5.00. The molecule has 7 nitrogen and oxygen atoms in total. The second-order valence-electron chi connectivity index (χ2n) is 8.08. The third kappa shape index (κ3) is 3.82. The molecule has 1 unspecified atom stereocenters. The van der Waals surface area contributed by atoms with Crippen LogP contribution in [-0.2, 0) is 6.42 Å². The number of ether oxygens (including phenoxy) is 2. The number of aromatic nitrogens is 2. The molecular weight excluding hydrogens is 392 g/mol. The molecule has 158 valence electrons. The highest BCUT2D eigenvalue weighted by molar-refractivity contribution is 5.84. The lowest BCUT2D eigenvalue weighted by Gasteiger charge is -2.29. The number of nitriles is 1. The normalized spacial score (nSPS) is 15.6. The van der Waals surface area contributed by atoms with Crippen LogP contribution >= 0.6 is 0 Å². The first-order valence-corrected chi connectivity index (χ1v) is 10.5. The van der Waals surface area contributed by atoms with E-state index in [1.807, 2.05) is 43.5 Å². The van der Waals surface area contributed by atoms with Crippen molar-refractivity contribution in [2.24, 2.45) is 0 Å². The van der Waals surface area contributed by atoms with E-state index in [9.17, 15) is 0 Å². The van der Waals surface area contributed by atoms with Gasteiger partial charge in [0.2, 0.25) is 11.3 Å². The van der Waals surface area contributed by atoms with Gasteiger partial charge in [-0.05, 0) is 62.3 Å². The summed E-state index contributed by atoms with van der Waals surface area (Å²) in [6.45, 7) is 4.03. The number of benzene rings is 2. The van der Waals surface area contributed by atoms with Crippen LogP contribution in [0.5, 0.6) is 11.5 Å². The van der Waals surface area contributed by atoms with E-state index in [2.05, 4.69) is 28.0 Å². The minimum Gasteiger partial charge on any atom is -0.486 e. The number of H-pyrrole nitrogens is 1. The van der Waals surface area contributed by atoms with Gasteiger partial charge in [0, 0.05) is 30.6 Å². The minimum absolute atomic E-state index is 0.0696. The van der Waals surface area contributed by atoms with Crippen molar-refractivity contribution in [1.29, 1.82) is 5.26 Å². The number of nitrogens with one attached hydrogen (secondary N) is 1. The molecule has 1 aliphatic rings. The highest BCUT2D eigenvalue weighted by Gasteiger charge is 2.26. The summed E-state index contributed by atoms with van der Waals surface area (Å²) in [4.78, 5) is 9.93. The third-order valence-electron chi connectivity index (χ3n) is 5.69. The van der Waals surface area contributed by atoms with Gasteiger partial charge in [0.05, 0.1) is 11.6 Å². The summed E-state index contributed by atoms with van der Waals surface area (Å²) in [5.74, 6) is 1.97. The summed E-state index contributed by atoms with van der Waals surface area (Å²) in [5, 5.41) is 10.3. The average Bonchev–Trinajstić information content (AvgIpc) is 3.36. The number of oxazole rings is 1. The predicted octanol–water partition coefficient (Wildman–Crippen LogP) is 4.19. The summed E-state index contributed by atoms with van der Waals surface area (Å²) in [7, 11) is 2.10. The molecule has 0 amide bonds. The van der Waals surface area contributed by atoms with E-state index in [0.717, 1.165) is 42.4 Å². The van der Waals surface area contributed by atoms with Gasteiger partial charge in [0.25, 0.3) is 0 Å². The number of aryl methyl sites for hydroxylation is 2. The molecule has 2 aromatic carbocycles. The molecule has 1 atom stereocenters. The highest BCUT2D eigenvalue weighted by atomic mass is 16.6. The third-order valence-corrected chi connectivity index (χ3v) is 5.69. The Labute approximate surface area is 180 Å². The molecule has 0 radical (unpaired) electrons. The van der Waals surface area contributed by atoms with Crippen molar-refractivity contribution in [3.63, 3.8) is 0 Å². The predicted molar refractivity (Wildman–Crippen MR) is 117 cm³/mol. The SMILES string of the molecule is Cc1nc2ccc3c(c2o1)OC(CN(C)CCCc1c[nH]c2ccc(C#N)cc12)CO3. The van der Waals surface area contributed by atoms with Gasteiger partial charge in [0.15, 0.2) is 11.6 Å². The number of likely N-dealkylation sites (N-methyl/N-ethyl adjacent to an activating group) is 1. The standard InChI is InChI=1S/C24H24N4O3/c1-15-27-21-7-8-22-24(23(21)30-15)31-18(14-29-22)13-28(2)9-3-4-17-12-26-20-6-5-16(11-25)10-19(17)20/h5-8,10,12,18,26H,3-4,9,13-14H2,1-2H3. The van der Waals surface area contributed by atoms with Gasteiger partial charge in [-0.25, -0.2) is 4.98 Å². The van der Waals surface area contributed by atoms with E-state index >= 15 is 0 Å². The first kappa shape index (κ1) is 19.5. The van der Waals surface area contributed by atoms with Crippen LogP contribution in [0.1, 0.15) is 23.4 Å². The number of aromatic amines is 1. The molecule has 0 spiro atoms. The zero-order valence-electron chi connectivity index (χ0n) is 17.6. The smallest absolute Gasteiger partial charge is 0.207 e. The van der Waals surface area contributed by atoms with Crippen molar-refractivity contribution in [2.45, 2.75) is 25.9 Å². The molecule has 0 saturated heterocycles. The lowest BCUT2D eigenvalue weighted by molar-refractivity contribution is 0.0658. The monoisotopic (exact) mass is 416 g/mol. The summed E-state index contributed by atoms with van der Waals surface area (Å²) >= 11 is 0. The first-order chi connectivity index (χ1) is 15.1. The Morgan fingerprint density at radius 2 is 2.19 bits per heavy atom. The van der Waals surface area contributed by atoms with Gasteiger partial charge in [-0.2, -0.15) is 5.26 Å². The number of fused-ring (bicyclic) bond motifs is 4. The number of nitrogens with zero attached hydrogens (tertiary/aromatic N) is 3. The molecule has 3 heterocycles. The van der Waals surface area contributed by atoms with Crippen molar-refractivity contribution in [3.05, 3.63) is 53.5 Å². The maximum atomic E-state index is 9.15. The average molecular weight is 416 g/mol. The minimum atomic E-state index is -0.0696. The second-order valence-corrected chi connectivity index (χ2v) is 8.08. The van der Waals surface area contributed by atoms with Crippen LogP contribution in [0.4, 0.5) is 0 Å². The van der Waals surface area contributed by atoms with Crippen LogP contribution in [0.3, 0.4) is 0 Å². The molecule has 0 saturated carbocycles. The first-order valence-electron chi connectivity index (χ1n) is 10.5. The molecule has 31 heavy (non-hydrogen) atoms. The molecule has 7 heteroatoms. The fourth-order valence-corrected chi connectivity index (χ4v) is 4.19. The molecule has 5 rings (SSSR count). The maximum absolute atomic E-state index is 9.15. The van der Waals surface area contributed by atoms with Crippen molar-refractivity contribution in [1.82, 2.24) is 14.9 Å². The van der Waals surface area contributed by atoms with E-state index in [1.54, 1.807) is 0 Å². The molecule has 0 aliphatic carbocycles. The van der Waals surface area contributed by atoms with E-state index in [1.165, 1.54) is 5.56 Å². The Morgan fingerprint density at radius 3 is 3.06 bits per heavy atom. The molecule has 2 aromatic heterocycles. The fourth-order valence-electron chi connectivity index (χ4n) is 4.19. The van der Waals surface area contributed by atoms with Gasteiger partial charge in [-0.1, -0.05) is 0 Å². The topological polar surface area (TPSA) is 87.3 Å². The van der Waals surface area contributed by atoms with Gasteiger partial charge >= 0.3 is 0 Å². The molecular formula is C24H24N4O3. The quantitative estimate of drug-likeness (QED) is 0.507. The summed E-state index contributed by atoms with van der Waals surface area (Å²) in [6.07, 6.45) is 3.93. The van der Waals surface area contributed by atoms with Crippen LogP contribution in [0.2, 0.25) is 0 Å². The largest absolute Gasteiger partial charge is 0.486 e. The lowest BCUT2D eigenvalue weighted by atomic mass is 10.1. The Morgan fingerprint density at radius 1 is 1.29 bits per heavy atom. The number of rotatable bonds is 6. The zero-order valence-corrected chi connectivity index (χ0v) is 17.6. The zero-order chi connectivity index (χ0) is 21.4. The van der Waals surface area contributed by atoms with Gasteiger partial charge in [0.1, 0.15) is 18.2 Å². The molecule has 0 fully saturated rings. The maximum Gasteiger partial charge on any atom is 0.207 e. The van der Waals surface area contributed by atoms with Crippen molar-refractivity contribution in [3.8, 4) is 17.6 Å². The Balaban J connectivity index is 1.19. The summed E-state index contributed by atoms with van der Waals surface area (Å²) in [5.41, 5.74) is 4.44. The van der Waals surface area contributed by atoms with Crippen LogP contribution in [0, 0.1) is 18.3 Å². The fraction of sp³-hybridized carbons (Fsp3) is 0.333. The highest BCUT2D eigenvalue weighted by Crippen LogP contribution is 2.39. The second kappa shape index (κ2) is 7.97. The van der Waals surface area contributed by atoms with Gasteiger partial charge in [-0.15, -0.1) is 0 Å². The Hall–Kier alpha value is -3.50. The molecule has 0 bridgehead atoms. The van der Waals surface area contributed by atoms with Gasteiger partial charge < -0.3 is 23.8 Å². The molecule has 4 aromatic rings. The Bertz CT molecular complexity index is 1280. The van der Waals surface area contributed by atoms with E-state index in [4.69, 9.17) is 19.2 Å². The summed E-state index contributed by atoms with van der Waals surface area (Å²) < 4.78 is 17.9. The van der Waals surface area contributed by atoms with Crippen LogP contribution in [0.15, 0.2) is 40.9 Å². The van der Waals surface area contributed by atoms with Crippen LogP contribution in [-0.4, -0.2) is 47.7 Å². The summed E-state index contributed by atoms with van der Waals surface area (Å²) in [6, 6.07) is 11.8. The van der Waals surface area contributed by atoms with E-state index in [-0.39, 0.29) is 6.10 Å². The van der Waals surface area contributed by atoms with Crippen molar-refractivity contribution < 1.29 is 13.9 Å². The van der Waals surface area contributed by atoms with Crippen molar-refractivity contribution in [2.75, 3.05) is 26.7 Å². The van der Waals surface area contributed by atoms with Crippen LogP contribution < -0.4 is 9.47 Å². The number of hydrogen-bond acceptors (Lipinski definition) is 6. The van der Waals surface area contributed by atoms with Gasteiger partial charge in [-0.3, -0.25) is 0 Å². The van der Waals surface area contributed by atoms with Crippen LogP contribution in [0.25, 0.3) is 22.0 Å². The van der Waals surface area contributed by atoms with E-state index in [0.29, 0.717) is 35.1 Å². The number of hydrogen-bond donors (Lipinski definition) is 1. The van der Waals surface area contributed by atoms with E-state index < -0.39 is 0 Å². The molecule has 1 N–H and O–H groups in total. The molecule has 1 aliphatic heterocycles.